The van der Waals surface area contributed by atoms with Crippen LogP contribution in [-0.2, 0) is 9.59 Å². The van der Waals surface area contributed by atoms with Gasteiger partial charge in [-0.05, 0) is 5.92 Å². The number of carbonyl (C=O) groups is 2. The average Bonchev–Trinajstić information content (AvgIpc) is 2.14. The van der Waals surface area contributed by atoms with Crippen molar-refractivity contribution in [1.82, 2.24) is 10.6 Å². The SMILES string of the molecule is CC(C)CNC(=O)CCNC(=O)C(F)F. The summed E-state index contributed by atoms with van der Waals surface area (Å²) < 4.78 is 23.4. The Balaban J connectivity index is 3.51. The van der Waals surface area contributed by atoms with E-state index in [0.29, 0.717) is 12.5 Å². The first kappa shape index (κ1) is 13.8. The molecule has 15 heavy (non-hydrogen) atoms. The van der Waals surface area contributed by atoms with Crippen molar-refractivity contribution in [3.05, 3.63) is 0 Å². The Labute approximate surface area is 87.4 Å². The topological polar surface area (TPSA) is 58.2 Å². The maximum absolute atomic E-state index is 11.7. The molecule has 0 aliphatic rings. The zero-order valence-electron chi connectivity index (χ0n) is 8.85. The van der Waals surface area contributed by atoms with Crippen molar-refractivity contribution in [2.24, 2.45) is 5.92 Å². The van der Waals surface area contributed by atoms with Crippen molar-refractivity contribution in [2.75, 3.05) is 13.1 Å². The summed E-state index contributed by atoms with van der Waals surface area (Å²) in [6, 6.07) is 0. The fraction of sp³-hybridized carbons (Fsp3) is 0.778. The molecule has 2 N–H and O–H groups in total. The molecule has 0 aliphatic heterocycles. The van der Waals surface area contributed by atoms with Gasteiger partial charge in [0.2, 0.25) is 5.91 Å². The highest BCUT2D eigenvalue weighted by Gasteiger charge is 2.14. The van der Waals surface area contributed by atoms with Crippen LogP contribution in [0.4, 0.5) is 8.78 Å². The van der Waals surface area contributed by atoms with E-state index < -0.39 is 12.3 Å². The lowest BCUT2D eigenvalue weighted by Crippen LogP contribution is -2.34. The molecule has 0 heterocycles. The van der Waals surface area contributed by atoms with E-state index in [1.807, 2.05) is 19.2 Å². The van der Waals surface area contributed by atoms with Crippen LogP contribution in [0.3, 0.4) is 0 Å². The first-order valence-corrected chi connectivity index (χ1v) is 4.76. The van der Waals surface area contributed by atoms with E-state index in [4.69, 9.17) is 0 Å². The largest absolute Gasteiger partial charge is 0.356 e. The van der Waals surface area contributed by atoms with Crippen LogP contribution in [0.5, 0.6) is 0 Å². The van der Waals surface area contributed by atoms with Crippen LogP contribution in [0.1, 0.15) is 20.3 Å². The lowest BCUT2D eigenvalue weighted by atomic mass is 10.2. The zero-order valence-corrected chi connectivity index (χ0v) is 8.85. The zero-order chi connectivity index (χ0) is 11.8. The Hall–Kier alpha value is -1.20. The van der Waals surface area contributed by atoms with E-state index in [2.05, 4.69) is 5.32 Å². The van der Waals surface area contributed by atoms with E-state index in [9.17, 15) is 18.4 Å². The van der Waals surface area contributed by atoms with Crippen molar-refractivity contribution in [3.63, 3.8) is 0 Å². The lowest BCUT2D eigenvalue weighted by molar-refractivity contribution is -0.131. The van der Waals surface area contributed by atoms with Gasteiger partial charge in [-0.15, -0.1) is 0 Å². The molecule has 0 aromatic heterocycles. The average molecular weight is 222 g/mol. The van der Waals surface area contributed by atoms with E-state index in [1.165, 1.54) is 0 Å². The number of halogens is 2. The Bertz CT molecular complexity index is 220. The molecule has 0 fully saturated rings. The number of carbonyl (C=O) groups excluding carboxylic acids is 2. The number of amides is 2. The summed E-state index contributed by atoms with van der Waals surface area (Å²) in [6.45, 7) is 4.37. The number of rotatable bonds is 6. The first-order chi connectivity index (χ1) is 6.93. The Morgan fingerprint density at radius 1 is 1.20 bits per heavy atom. The second-order valence-corrected chi connectivity index (χ2v) is 3.54. The van der Waals surface area contributed by atoms with Crippen LogP contribution in [-0.4, -0.2) is 31.3 Å². The number of hydrogen-bond donors (Lipinski definition) is 2. The fourth-order valence-corrected chi connectivity index (χ4v) is 0.783. The van der Waals surface area contributed by atoms with Crippen LogP contribution in [0.2, 0.25) is 0 Å². The normalized spacial score (nSPS) is 10.5. The van der Waals surface area contributed by atoms with Crippen molar-refractivity contribution in [3.8, 4) is 0 Å². The van der Waals surface area contributed by atoms with Gasteiger partial charge in [0.25, 0.3) is 5.91 Å². The predicted octanol–water partition coefficient (Wildman–Crippen LogP) is 0.530. The van der Waals surface area contributed by atoms with E-state index >= 15 is 0 Å². The molecule has 0 aromatic rings. The van der Waals surface area contributed by atoms with Crippen LogP contribution >= 0.6 is 0 Å². The monoisotopic (exact) mass is 222 g/mol. The summed E-state index contributed by atoms with van der Waals surface area (Å²) in [5, 5.41) is 4.56. The second-order valence-electron chi connectivity index (χ2n) is 3.54. The lowest BCUT2D eigenvalue weighted by Gasteiger charge is -2.07. The molecule has 0 rings (SSSR count). The number of alkyl halides is 2. The number of nitrogens with one attached hydrogen (secondary N) is 2. The third kappa shape index (κ3) is 7.84. The molecular weight excluding hydrogens is 206 g/mol. The van der Waals surface area contributed by atoms with Crippen LogP contribution in [0.15, 0.2) is 0 Å². The van der Waals surface area contributed by atoms with Gasteiger partial charge in [0.1, 0.15) is 0 Å². The second kappa shape index (κ2) is 7.14. The number of hydrogen-bond acceptors (Lipinski definition) is 2. The van der Waals surface area contributed by atoms with Gasteiger partial charge in [0.15, 0.2) is 0 Å². The quantitative estimate of drug-likeness (QED) is 0.688. The third-order valence-electron chi connectivity index (χ3n) is 1.56. The van der Waals surface area contributed by atoms with Crippen LogP contribution in [0.25, 0.3) is 0 Å². The minimum absolute atomic E-state index is 0.0190. The predicted molar refractivity (Wildman–Crippen MR) is 51.5 cm³/mol. The van der Waals surface area contributed by atoms with Gasteiger partial charge in [0.05, 0.1) is 0 Å². The van der Waals surface area contributed by atoms with Gasteiger partial charge in [-0.1, -0.05) is 13.8 Å². The molecule has 0 aromatic carbocycles. The summed E-state index contributed by atoms with van der Waals surface area (Å²) in [5.74, 6) is -1.26. The van der Waals surface area contributed by atoms with Crippen molar-refractivity contribution < 1.29 is 18.4 Å². The van der Waals surface area contributed by atoms with E-state index in [0.717, 1.165) is 0 Å². The van der Waals surface area contributed by atoms with Crippen LogP contribution < -0.4 is 10.6 Å². The Morgan fingerprint density at radius 3 is 2.27 bits per heavy atom. The summed E-state index contributed by atoms with van der Waals surface area (Å²) in [6.07, 6.45) is -3.01. The molecule has 0 bridgehead atoms. The van der Waals surface area contributed by atoms with Crippen LogP contribution in [0, 0.1) is 5.92 Å². The minimum Gasteiger partial charge on any atom is -0.356 e. The first-order valence-electron chi connectivity index (χ1n) is 4.76. The summed E-state index contributed by atoms with van der Waals surface area (Å²) in [5.41, 5.74) is 0. The van der Waals surface area contributed by atoms with Crippen molar-refractivity contribution >= 4 is 11.8 Å². The fourth-order valence-electron chi connectivity index (χ4n) is 0.783. The maximum atomic E-state index is 11.7. The molecule has 2 amide bonds. The molecule has 88 valence electrons. The van der Waals surface area contributed by atoms with E-state index in [-0.39, 0.29) is 18.9 Å². The molecule has 0 radical (unpaired) electrons. The van der Waals surface area contributed by atoms with Gasteiger partial charge in [0, 0.05) is 19.5 Å². The molecular formula is C9H16F2N2O2. The maximum Gasteiger partial charge on any atom is 0.315 e. The molecule has 6 heteroatoms. The van der Waals surface area contributed by atoms with Gasteiger partial charge >= 0.3 is 6.43 Å². The highest BCUT2D eigenvalue weighted by molar-refractivity contribution is 5.80. The molecule has 0 saturated heterocycles. The van der Waals surface area contributed by atoms with E-state index in [1.54, 1.807) is 0 Å². The molecule has 0 aliphatic carbocycles. The molecule has 0 atom stereocenters. The highest BCUT2D eigenvalue weighted by atomic mass is 19.3. The summed E-state index contributed by atoms with van der Waals surface area (Å²) >= 11 is 0. The van der Waals surface area contributed by atoms with Gasteiger partial charge in [-0.2, -0.15) is 8.78 Å². The van der Waals surface area contributed by atoms with Gasteiger partial charge in [-0.25, -0.2) is 0 Å². The Kier molecular flexibility index (Phi) is 6.57. The molecule has 4 nitrogen and oxygen atoms in total. The molecule has 0 spiro atoms. The molecule has 0 unspecified atom stereocenters. The third-order valence-corrected chi connectivity index (χ3v) is 1.56. The smallest absolute Gasteiger partial charge is 0.315 e. The highest BCUT2D eigenvalue weighted by Crippen LogP contribution is 1.91. The minimum atomic E-state index is -3.02. The van der Waals surface area contributed by atoms with Crippen molar-refractivity contribution in [1.29, 1.82) is 0 Å². The molecule has 0 saturated carbocycles. The van der Waals surface area contributed by atoms with Gasteiger partial charge in [-0.3, -0.25) is 9.59 Å². The van der Waals surface area contributed by atoms with Crippen molar-refractivity contribution in [2.45, 2.75) is 26.7 Å². The summed E-state index contributed by atoms with van der Waals surface area (Å²) in [4.78, 5) is 21.4. The standard InChI is InChI=1S/C9H16F2N2O2/c1-6(2)5-13-7(14)3-4-12-9(15)8(10)11/h6,8H,3-5H2,1-2H3,(H,12,15)(H,13,14). The van der Waals surface area contributed by atoms with Gasteiger partial charge < -0.3 is 10.6 Å². The Morgan fingerprint density at radius 2 is 1.80 bits per heavy atom. The summed E-state index contributed by atoms with van der Waals surface area (Å²) in [7, 11) is 0.